The lowest BCUT2D eigenvalue weighted by molar-refractivity contribution is -0.122. The van der Waals surface area contributed by atoms with Crippen molar-refractivity contribution in [3.05, 3.63) is 92.4 Å². The molecular weight excluding hydrogens is 659 g/mol. The SMILES string of the molecule is CCOC(=O)c1ccc(NC(=O)COc2ccc(C3c4sc(=O)[nH]c4SC4C(=O)N(c5ccc(OC)cc5)C(=O)C43)cc2OCC)cc1. The smallest absolute Gasteiger partial charge is 0.338 e. The minimum absolute atomic E-state index is 0.260. The van der Waals surface area contributed by atoms with E-state index >= 15 is 0 Å². The average Bonchev–Trinajstić information content (AvgIpc) is 3.58. The summed E-state index contributed by atoms with van der Waals surface area (Å²) < 4.78 is 21.9. The molecule has 3 unspecified atom stereocenters. The lowest BCUT2D eigenvalue weighted by atomic mass is 9.83. The van der Waals surface area contributed by atoms with Gasteiger partial charge in [-0.2, -0.15) is 0 Å². The van der Waals surface area contributed by atoms with Gasteiger partial charge in [-0.05, 0) is 80.1 Å². The summed E-state index contributed by atoms with van der Waals surface area (Å²) in [5.74, 6) is -1.80. The van der Waals surface area contributed by atoms with Crippen LogP contribution in [0, 0.1) is 5.92 Å². The number of anilines is 2. The summed E-state index contributed by atoms with van der Waals surface area (Å²) in [6, 6.07) is 18.1. The van der Waals surface area contributed by atoms with Gasteiger partial charge in [-0.15, -0.1) is 0 Å². The Labute approximate surface area is 283 Å². The van der Waals surface area contributed by atoms with Crippen LogP contribution in [0.3, 0.4) is 0 Å². The first-order valence-electron chi connectivity index (χ1n) is 15.1. The first-order chi connectivity index (χ1) is 23.2. The Morgan fingerprint density at radius 3 is 2.33 bits per heavy atom. The second-order valence-corrected chi connectivity index (χ2v) is 12.9. The molecule has 2 aliphatic rings. The number of rotatable bonds is 11. The van der Waals surface area contributed by atoms with Gasteiger partial charge in [0.1, 0.15) is 11.0 Å². The van der Waals surface area contributed by atoms with Crippen molar-refractivity contribution in [1.82, 2.24) is 4.98 Å². The normalized spacial score (nSPS) is 18.1. The van der Waals surface area contributed by atoms with Gasteiger partial charge in [0.15, 0.2) is 18.1 Å². The maximum atomic E-state index is 14.0. The van der Waals surface area contributed by atoms with Crippen LogP contribution in [0.1, 0.15) is 40.6 Å². The summed E-state index contributed by atoms with van der Waals surface area (Å²) in [6.07, 6.45) is 0. The van der Waals surface area contributed by atoms with Gasteiger partial charge < -0.3 is 29.2 Å². The molecule has 14 heteroatoms. The Morgan fingerprint density at radius 2 is 1.65 bits per heavy atom. The third kappa shape index (κ3) is 6.40. The van der Waals surface area contributed by atoms with E-state index in [0.717, 1.165) is 11.3 Å². The number of amides is 3. The van der Waals surface area contributed by atoms with Gasteiger partial charge in [-0.3, -0.25) is 19.2 Å². The van der Waals surface area contributed by atoms with Crippen molar-refractivity contribution in [2.45, 2.75) is 30.0 Å². The highest BCUT2D eigenvalue weighted by Gasteiger charge is 2.56. The number of nitrogens with one attached hydrogen (secondary N) is 2. The number of hydrogen-bond acceptors (Lipinski definition) is 11. The van der Waals surface area contributed by atoms with Crippen molar-refractivity contribution in [3.8, 4) is 17.2 Å². The highest BCUT2D eigenvalue weighted by Crippen LogP contribution is 2.53. The number of fused-ring (bicyclic) bond motifs is 2. The molecule has 2 aliphatic heterocycles. The van der Waals surface area contributed by atoms with Crippen molar-refractivity contribution >= 4 is 58.2 Å². The lowest BCUT2D eigenvalue weighted by Gasteiger charge is -2.30. The Bertz CT molecular complexity index is 1920. The van der Waals surface area contributed by atoms with E-state index in [2.05, 4.69) is 10.3 Å². The number of nitrogens with zero attached hydrogens (tertiary/aromatic N) is 1. The van der Waals surface area contributed by atoms with Gasteiger partial charge >= 0.3 is 10.8 Å². The van der Waals surface area contributed by atoms with Crippen molar-refractivity contribution in [2.75, 3.05) is 37.1 Å². The number of hydrogen-bond donors (Lipinski definition) is 2. The fraction of sp³-hybridized carbons (Fsp3) is 0.265. The minimum atomic E-state index is -0.786. The van der Waals surface area contributed by atoms with Gasteiger partial charge in [-0.1, -0.05) is 29.2 Å². The van der Waals surface area contributed by atoms with Gasteiger partial charge in [0.05, 0.1) is 42.5 Å². The van der Waals surface area contributed by atoms with Gasteiger partial charge in [-0.25, -0.2) is 9.69 Å². The van der Waals surface area contributed by atoms with Gasteiger partial charge in [0.2, 0.25) is 11.8 Å². The summed E-state index contributed by atoms with van der Waals surface area (Å²) in [4.78, 5) is 69.3. The van der Waals surface area contributed by atoms with E-state index < -0.39 is 29.0 Å². The molecule has 4 aromatic rings. The number of carbonyl (C=O) groups excluding carboxylic acids is 4. The summed E-state index contributed by atoms with van der Waals surface area (Å²) in [6.45, 7) is 3.74. The molecule has 3 heterocycles. The Kier molecular flexibility index (Phi) is 9.55. The molecule has 3 aromatic carbocycles. The van der Waals surface area contributed by atoms with Crippen LogP contribution in [0.5, 0.6) is 17.2 Å². The van der Waals surface area contributed by atoms with Crippen LogP contribution < -0.4 is 29.3 Å². The minimum Gasteiger partial charge on any atom is -0.497 e. The molecule has 0 spiro atoms. The summed E-state index contributed by atoms with van der Waals surface area (Å²) in [5, 5.41) is 2.52. The number of carbonyl (C=O) groups is 4. The van der Waals surface area contributed by atoms with E-state index in [4.69, 9.17) is 18.9 Å². The van der Waals surface area contributed by atoms with E-state index in [0.29, 0.717) is 49.7 Å². The van der Waals surface area contributed by atoms with Crippen LogP contribution in [0.25, 0.3) is 0 Å². The summed E-state index contributed by atoms with van der Waals surface area (Å²) >= 11 is 2.20. The monoisotopic (exact) mass is 689 g/mol. The van der Waals surface area contributed by atoms with E-state index in [1.165, 1.54) is 23.8 Å². The van der Waals surface area contributed by atoms with Gasteiger partial charge in [0, 0.05) is 16.5 Å². The number of methoxy groups -OCH3 is 1. The number of thiazole rings is 1. The summed E-state index contributed by atoms with van der Waals surface area (Å²) in [5.41, 5.74) is 1.93. The molecule has 1 saturated heterocycles. The highest BCUT2D eigenvalue weighted by atomic mass is 32.2. The number of benzene rings is 3. The molecule has 248 valence electrons. The number of H-pyrrole nitrogens is 1. The molecule has 48 heavy (non-hydrogen) atoms. The fourth-order valence-electron chi connectivity index (χ4n) is 5.71. The second kappa shape index (κ2) is 14.0. The van der Waals surface area contributed by atoms with Crippen LogP contribution in [-0.4, -0.2) is 60.9 Å². The van der Waals surface area contributed by atoms with Crippen molar-refractivity contribution in [3.63, 3.8) is 0 Å². The topological polar surface area (TPSA) is 153 Å². The average molecular weight is 690 g/mol. The molecule has 6 rings (SSSR count). The number of aromatic nitrogens is 1. The Morgan fingerprint density at radius 1 is 0.896 bits per heavy atom. The third-order valence-corrected chi connectivity index (χ3v) is 10.2. The van der Waals surface area contributed by atoms with Crippen LogP contribution >= 0.6 is 23.1 Å². The molecule has 3 amide bonds. The molecule has 0 radical (unpaired) electrons. The predicted octanol–water partition coefficient (Wildman–Crippen LogP) is 4.83. The van der Waals surface area contributed by atoms with Gasteiger partial charge in [0.25, 0.3) is 5.91 Å². The van der Waals surface area contributed by atoms with Crippen molar-refractivity contribution in [2.24, 2.45) is 5.92 Å². The lowest BCUT2D eigenvalue weighted by Crippen LogP contribution is -2.32. The zero-order chi connectivity index (χ0) is 33.9. The molecule has 1 aromatic heterocycles. The van der Waals surface area contributed by atoms with Crippen LogP contribution in [-0.2, 0) is 19.1 Å². The first-order valence-corrected chi connectivity index (χ1v) is 16.8. The Balaban J connectivity index is 1.24. The third-order valence-electron chi connectivity index (χ3n) is 7.82. The molecule has 0 aliphatic carbocycles. The number of thioether (sulfide) groups is 1. The molecule has 1 fully saturated rings. The molecule has 12 nitrogen and oxygen atoms in total. The van der Waals surface area contributed by atoms with Crippen LogP contribution in [0.4, 0.5) is 11.4 Å². The quantitative estimate of drug-likeness (QED) is 0.165. The Hall–Kier alpha value is -5.08. The van der Waals surface area contributed by atoms with E-state index in [1.54, 1.807) is 80.6 Å². The number of imide groups is 1. The largest absolute Gasteiger partial charge is 0.497 e. The number of esters is 1. The standard InChI is InChI=1S/C34H31N3O9S2/c1-4-44-24-16-19(8-15-23(24)46-17-25(38)35-20-9-6-18(7-10-20)33(41)45-5-2)26-27-29(47-30-28(26)48-34(42)36-30)32(40)37(31(27)39)21-11-13-22(43-3)14-12-21/h6-16,26-27,29H,4-5,17H2,1-3H3,(H,35,38)(H,36,42). The molecule has 3 atom stereocenters. The zero-order valence-electron chi connectivity index (χ0n) is 26.1. The maximum absolute atomic E-state index is 14.0. The van der Waals surface area contributed by atoms with E-state index in [-0.39, 0.29) is 36.5 Å². The molecule has 0 saturated carbocycles. The highest BCUT2D eigenvalue weighted by molar-refractivity contribution is 8.00. The van der Waals surface area contributed by atoms with E-state index in [1.807, 2.05) is 0 Å². The maximum Gasteiger partial charge on any atom is 0.338 e. The van der Waals surface area contributed by atoms with Crippen molar-refractivity contribution in [1.29, 1.82) is 0 Å². The zero-order valence-corrected chi connectivity index (χ0v) is 27.8. The van der Waals surface area contributed by atoms with Crippen LogP contribution in [0.2, 0.25) is 0 Å². The predicted molar refractivity (Wildman–Crippen MR) is 180 cm³/mol. The fourth-order valence-corrected chi connectivity index (χ4v) is 8.23. The van der Waals surface area contributed by atoms with Crippen LogP contribution in [0.15, 0.2) is 76.6 Å². The first kappa shape index (κ1) is 32.8. The van der Waals surface area contributed by atoms with Crippen molar-refractivity contribution < 1.29 is 38.1 Å². The number of ether oxygens (including phenoxy) is 4. The summed E-state index contributed by atoms with van der Waals surface area (Å²) in [7, 11) is 1.53. The van der Waals surface area contributed by atoms with E-state index in [9.17, 15) is 24.0 Å². The second-order valence-electron chi connectivity index (χ2n) is 10.7. The number of aromatic amines is 1. The molecule has 0 bridgehead atoms. The molecular formula is C34H31N3O9S2. The molecule has 2 N–H and O–H groups in total.